The van der Waals surface area contributed by atoms with Gasteiger partial charge in [-0.25, -0.2) is 15.0 Å². The van der Waals surface area contributed by atoms with Gasteiger partial charge in [-0.15, -0.1) is 11.3 Å². The van der Waals surface area contributed by atoms with E-state index in [4.69, 9.17) is 9.97 Å². The van der Waals surface area contributed by atoms with Crippen LogP contribution < -0.4 is 4.90 Å². The van der Waals surface area contributed by atoms with Crippen LogP contribution in [0.15, 0.2) is 12.4 Å². The van der Waals surface area contributed by atoms with E-state index in [0.29, 0.717) is 5.92 Å². The van der Waals surface area contributed by atoms with Gasteiger partial charge in [-0.3, -0.25) is 0 Å². The quantitative estimate of drug-likeness (QED) is 0.715. The highest BCUT2D eigenvalue weighted by atomic mass is 32.1. The molecule has 0 saturated heterocycles. The summed E-state index contributed by atoms with van der Waals surface area (Å²) in [7, 11) is 4.19. The molecular weight excluding hydrogens is 330 g/mol. The monoisotopic (exact) mass is 353 g/mol. The van der Waals surface area contributed by atoms with Crippen LogP contribution in [-0.4, -0.2) is 26.6 Å². The zero-order valence-corrected chi connectivity index (χ0v) is 15.6. The molecule has 0 bridgehead atoms. The van der Waals surface area contributed by atoms with Gasteiger partial charge in [-0.1, -0.05) is 0 Å². The van der Waals surface area contributed by atoms with Crippen molar-refractivity contribution in [1.82, 2.24) is 19.5 Å². The molecule has 2 aliphatic rings. The smallest absolute Gasteiger partial charge is 0.141 e. The lowest BCUT2D eigenvalue weighted by molar-refractivity contribution is 0.699. The largest absolute Gasteiger partial charge is 0.352 e. The van der Waals surface area contributed by atoms with E-state index in [1.165, 1.54) is 59.2 Å². The van der Waals surface area contributed by atoms with E-state index in [-0.39, 0.29) is 0 Å². The maximum absolute atomic E-state index is 5.04. The van der Waals surface area contributed by atoms with Gasteiger partial charge >= 0.3 is 0 Å². The Balaban J connectivity index is 1.63. The van der Waals surface area contributed by atoms with Crippen molar-refractivity contribution in [3.05, 3.63) is 34.5 Å². The summed E-state index contributed by atoms with van der Waals surface area (Å²) in [6.07, 6.45) is 11.3. The SMILES string of the molecule is CN(Cc1nccn1C)c1nc(C2CC2)nc2sc3c(c12)CCCC3. The predicted octanol–water partition coefficient (Wildman–Crippen LogP) is 3.82. The Labute approximate surface area is 151 Å². The van der Waals surface area contributed by atoms with Crippen LogP contribution in [0.3, 0.4) is 0 Å². The third-order valence-corrected chi connectivity index (χ3v) is 6.60. The van der Waals surface area contributed by atoms with Crippen LogP contribution >= 0.6 is 11.3 Å². The third kappa shape index (κ3) is 2.63. The molecule has 25 heavy (non-hydrogen) atoms. The summed E-state index contributed by atoms with van der Waals surface area (Å²) >= 11 is 1.90. The van der Waals surface area contributed by atoms with E-state index in [1.54, 1.807) is 0 Å². The Morgan fingerprint density at radius 2 is 2.08 bits per heavy atom. The average molecular weight is 353 g/mol. The van der Waals surface area contributed by atoms with Gasteiger partial charge < -0.3 is 9.47 Å². The summed E-state index contributed by atoms with van der Waals surface area (Å²) in [6, 6.07) is 0. The number of hydrogen-bond acceptors (Lipinski definition) is 5. The van der Waals surface area contributed by atoms with E-state index >= 15 is 0 Å². The fraction of sp³-hybridized carbons (Fsp3) is 0.526. The first-order valence-corrected chi connectivity index (χ1v) is 10.0. The second-order valence-electron chi connectivity index (χ2n) is 7.38. The molecule has 0 N–H and O–H groups in total. The number of anilines is 1. The fourth-order valence-electron chi connectivity index (χ4n) is 3.79. The number of aromatic nitrogens is 4. The third-order valence-electron chi connectivity index (χ3n) is 5.42. The molecule has 0 radical (unpaired) electrons. The maximum Gasteiger partial charge on any atom is 0.141 e. The highest BCUT2D eigenvalue weighted by Crippen LogP contribution is 2.44. The molecule has 6 heteroatoms. The minimum absolute atomic E-state index is 0.573. The molecular formula is C19H23N5S. The van der Waals surface area contributed by atoms with Crippen LogP contribution in [0.5, 0.6) is 0 Å². The van der Waals surface area contributed by atoms with Crippen molar-refractivity contribution < 1.29 is 0 Å². The van der Waals surface area contributed by atoms with E-state index in [9.17, 15) is 0 Å². The van der Waals surface area contributed by atoms with Crippen molar-refractivity contribution in [2.45, 2.75) is 51.0 Å². The molecule has 2 aliphatic carbocycles. The summed E-state index contributed by atoms with van der Waals surface area (Å²) in [6.45, 7) is 0.768. The molecule has 1 fully saturated rings. The summed E-state index contributed by atoms with van der Waals surface area (Å²) in [5.74, 6) is 3.79. The molecule has 0 aromatic carbocycles. The van der Waals surface area contributed by atoms with E-state index in [1.807, 2.05) is 30.8 Å². The van der Waals surface area contributed by atoms with Crippen LogP contribution in [0, 0.1) is 0 Å². The molecule has 0 spiro atoms. The Morgan fingerprint density at radius 3 is 2.84 bits per heavy atom. The predicted molar refractivity (Wildman–Crippen MR) is 101 cm³/mol. The first-order chi connectivity index (χ1) is 12.2. The summed E-state index contributed by atoms with van der Waals surface area (Å²) in [4.78, 5) is 19.5. The molecule has 0 amide bonds. The van der Waals surface area contributed by atoms with Crippen molar-refractivity contribution in [1.29, 1.82) is 0 Å². The number of fused-ring (bicyclic) bond motifs is 3. The van der Waals surface area contributed by atoms with Gasteiger partial charge in [0, 0.05) is 37.3 Å². The van der Waals surface area contributed by atoms with Gasteiger partial charge in [0.25, 0.3) is 0 Å². The van der Waals surface area contributed by atoms with Crippen LogP contribution in [0.25, 0.3) is 10.2 Å². The molecule has 1 saturated carbocycles. The van der Waals surface area contributed by atoms with Gasteiger partial charge in [-0.2, -0.15) is 0 Å². The van der Waals surface area contributed by atoms with Crippen molar-refractivity contribution in [2.75, 3.05) is 11.9 Å². The van der Waals surface area contributed by atoms with Crippen LogP contribution in [0.4, 0.5) is 5.82 Å². The summed E-state index contributed by atoms with van der Waals surface area (Å²) in [5, 5.41) is 1.31. The Bertz CT molecular complexity index is 937. The normalized spacial score (nSPS) is 17.0. The molecule has 0 atom stereocenters. The average Bonchev–Trinajstić information content (AvgIpc) is 3.30. The Hall–Kier alpha value is -1.95. The molecule has 5 rings (SSSR count). The minimum atomic E-state index is 0.573. The number of nitrogens with zero attached hydrogens (tertiary/aromatic N) is 5. The van der Waals surface area contributed by atoms with Gasteiger partial charge in [0.05, 0.1) is 11.9 Å². The van der Waals surface area contributed by atoms with Crippen molar-refractivity contribution in [3.63, 3.8) is 0 Å². The molecule has 0 unspecified atom stereocenters. The highest BCUT2D eigenvalue weighted by Gasteiger charge is 2.30. The Morgan fingerprint density at radius 1 is 1.24 bits per heavy atom. The van der Waals surface area contributed by atoms with Crippen molar-refractivity contribution >= 4 is 27.4 Å². The first-order valence-electron chi connectivity index (χ1n) is 9.20. The minimum Gasteiger partial charge on any atom is -0.352 e. The lowest BCUT2D eigenvalue weighted by Crippen LogP contribution is -2.21. The zero-order chi connectivity index (χ0) is 17.0. The first kappa shape index (κ1) is 15.3. The second kappa shape index (κ2) is 5.80. The number of thiophene rings is 1. The van der Waals surface area contributed by atoms with Crippen LogP contribution in [0.2, 0.25) is 0 Å². The van der Waals surface area contributed by atoms with Gasteiger partial charge in [-0.05, 0) is 44.1 Å². The van der Waals surface area contributed by atoms with E-state index < -0.39 is 0 Å². The zero-order valence-electron chi connectivity index (χ0n) is 14.8. The van der Waals surface area contributed by atoms with Crippen molar-refractivity contribution in [2.24, 2.45) is 7.05 Å². The summed E-state index contributed by atoms with van der Waals surface area (Å²) < 4.78 is 2.08. The molecule has 3 aromatic heterocycles. The lowest BCUT2D eigenvalue weighted by atomic mass is 9.97. The molecule has 3 heterocycles. The highest BCUT2D eigenvalue weighted by molar-refractivity contribution is 7.19. The standard InChI is InChI=1S/C19H23N5S/c1-23-10-9-20-15(23)11-24(2)18-16-13-5-3-4-6-14(13)25-19(16)22-17(21-18)12-7-8-12/h9-10,12H,3-8,11H2,1-2H3. The second-order valence-corrected chi connectivity index (χ2v) is 8.46. The number of imidazole rings is 1. The van der Waals surface area contributed by atoms with Gasteiger partial charge in [0.15, 0.2) is 0 Å². The van der Waals surface area contributed by atoms with Gasteiger partial charge in [0.2, 0.25) is 0 Å². The van der Waals surface area contributed by atoms with Crippen LogP contribution in [-0.2, 0) is 26.4 Å². The number of rotatable bonds is 4. The topological polar surface area (TPSA) is 46.8 Å². The Kier molecular flexibility index (Phi) is 3.55. The van der Waals surface area contributed by atoms with E-state index in [0.717, 1.165) is 24.0 Å². The fourth-order valence-corrected chi connectivity index (χ4v) is 5.05. The molecule has 5 nitrogen and oxygen atoms in total. The number of aryl methyl sites for hydroxylation is 3. The molecule has 130 valence electrons. The summed E-state index contributed by atoms with van der Waals surface area (Å²) in [5.41, 5.74) is 1.51. The maximum atomic E-state index is 5.04. The lowest BCUT2D eigenvalue weighted by Gasteiger charge is -2.21. The molecule has 3 aromatic rings. The van der Waals surface area contributed by atoms with Gasteiger partial charge in [0.1, 0.15) is 22.3 Å². The van der Waals surface area contributed by atoms with E-state index in [2.05, 4.69) is 21.5 Å². The van der Waals surface area contributed by atoms with Crippen molar-refractivity contribution in [3.8, 4) is 0 Å². The number of hydrogen-bond donors (Lipinski definition) is 0. The van der Waals surface area contributed by atoms with Crippen LogP contribution in [0.1, 0.15) is 53.7 Å². The molecule has 0 aliphatic heterocycles.